The fraction of sp³-hybridized carbons (Fsp3) is 0.889. The first kappa shape index (κ1) is 8.57. The number of hydrogen-bond donors (Lipinski definition) is 1. The van der Waals surface area contributed by atoms with E-state index in [9.17, 15) is 4.79 Å². The Balaban J connectivity index is 2.62. The second-order valence-corrected chi connectivity index (χ2v) is 3.81. The van der Waals surface area contributed by atoms with Gasteiger partial charge in [0.05, 0.1) is 0 Å². The third kappa shape index (κ3) is 1.73. The van der Waals surface area contributed by atoms with Gasteiger partial charge in [0.25, 0.3) is 0 Å². The van der Waals surface area contributed by atoms with Crippen molar-refractivity contribution < 1.29 is 4.79 Å². The first-order chi connectivity index (χ1) is 5.13. The molecule has 2 heteroatoms. The Bertz CT molecular complexity index is 146. The third-order valence-corrected chi connectivity index (χ3v) is 2.87. The molecule has 0 aromatic carbocycles. The van der Waals surface area contributed by atoms with E-state index >= 15 is 0 Å². The predicted molar refractivity (Wildman–Crippen MR) is 44.9 cm³/mol. The largest absolute Gasteiger partial charge is 0.369 e. The Morgan fingerprint density at radius 1 is 1.27 bits per heavy atom. The van der Waals surface area contributed by atoms with Crippen LogP contribution in [0.25, 0.3) is 0 Å². The molecule has 1 amide bonds. The van der Waals surface area contributed by atoms with Crippen molar-refractivity contribution in [3.05, 3.63) is 0 Å². The molecule has 1 saturated carbocycles. The molecular formula is C9H17NO. The minimum Gasteiger partial charge on any atom is -0.369 e. The van der Waals surface area contributed by atoms with Crippen LogP contribution < -0.4 is 5.73 Å². The second kappa shape index (κ2) is 3.24. The molecule has 0 radical (unpaired) electrons. The lowest BCUT2D eigenvalue weighted by atomic mass is 9.73. The van der Waals surface area contributed by atoms with Gasteiger partial charge in [-0.15, -0.1) is 0 Å². The van der Waals surface area contributed by atoms with Gasteiger partial charge in [-0.05, 0) is 24.7 Å². The molecule has 1 rings (SSSR count). The number of primary amides is 1. The van der Waals surface area contributed by atoms with Crippen LogP contribution in [0.15, 0.2) is 0 Å². The summed E-state index contributed by atoms with van der Waals surface area (Å²) in [6, 6.07) is 0. The van der Waals surface area contributed by atoms with Gasteiger partial charge in [0.2, 0.25) is 5.91 Å². The van der Waals surface area contributed by atoms with E-state index in [1.165, 1.54) is 6.42 Å². The normalized spacial score (nSPS) is 38.5. The van der Waals surface area contributed by atoms with Gasteiger partial charge in [0.15, 0.2) is 0 Å². The highest BCUT2D eigenvalue weighted by molar-refractivity contribution is 5.77. The molecule has 2 nitrogen and oxygen atoms in total. The molecule has 0 spiro atoms. The third-order valence-electron chi connectivity index (χ3n) is 2.87. The lowest BCUT2D eigenvalue weighted by Crippen LogP contribution is -2.36. The van der Waals surface area contributed by atoms with Crippen LogP contribution in [0.3, 0.4) is 0 Å². The molecular weight excluding hydrogens is 138 g/mol. The first-order valence-electron chi connectivity index (χ1n) is 4.42. The summed E-state index contributed by atoms with van der Waals surface area (Å²) in [6.45, 7) is 4.26. The fourth-order valence-electron chi connectivity index (χ4n) is 2.24. The summed E-state index contributed by atoms with van der Waals surface area (Å²) in [5, 5.41) is 0. The maximum Gasteiger partial charge on any atom is 0.221 e. The van der Waals surface area contributed by atoms with Crippen molar-refractivity contribution >= 4 is 5.91 Å². The summed E-state index contributed by atoms with van der Waals surface area (Å²) in [6.07, 6.45) is 3.59. The molecule has 0 saturated heterocycles. The summed E-state index contributed by atoms with van der Waals surface area (Å²) >= 11 is 0. The highest BCUT2D eigenvalue weighted by Gasteiger charge is 2.31. The van der Waals surface area contributed by atoms with Crippen LogP contribution in [0, 0.1) is 17.8 Å². The van der Waals surface area contributed by atoms with Crippen molar-refractivity contribution in [3.63, 3.8) is 0 Å². The van der Waals surface area contributed by atoms with Gasteiger partial charge in [-0.3, -0.25) is 4.79 Å². The lowest BCUT2D eigenvalue weighted by Gasteiger charge is -2.31. The molecule has 1 unspecified atom stereocenters. The minimum atomic E-state index is -0.107. The van der Waals surface area contributed by atoms with Crippen molar-refractivity contribution in [2.75, 3.05) is 0 Å². The summed E-state index contributed by atoms with van der Waals surface area (Å²) in [4.78, 5) is 11.0. The van der Waals surface area contributed by atoms with E-state index in [4.69, 9.17) is 5.73 Å². The van der Waals surface area contributed by atoms with Crippen molar-refractivity contribution in [1.29, 1.82) is 0 Å². The molecule has 1 aliphatic rings. The van der Waals surface area contributed by atoms with E-state index in [1.54, 1.807) is 0 Å². The van der Waals surface area contributed by atoms with Crippen LogP contribution in [-0.2, 0) is 4.79 Å². The topological polar surface area (TPSA) is 43.1 Å². The molecule has 64 valence electrons. The van der Waals surface area contributed by atoms with Gasteiger partial charge < -0.3 is 5.73 Å². The average Bonchev–Trinajstić information content (AvgIpc) is 1.85. The number of rotatable bonds is 1. The van der Waals surface area contributed by atoms with E-state index in [0.717, 1.165) is 12.8 Å². The number of carbonyl (C=O) groups is 1. The average molecular weight is 155 g/mol. The SMILES string of the molecule is C[C@@H]1CCC[C@H](C)C1C(N)=O. The van der Waals surface area contributed by atoms with Crippen LogP contribution in [-0.4, -0.2) is 5.91 Å². The second-order valence-electron chi connectivity index (χ2n) is 3.81. The van der Waals surface area contributed by atoms with Crippen molar-refractivity contribution in [3.8, 4) is 0 Å². The predicted octanol–water partition coefficient (Wildman–Crippen LogP) is 1.54. The first-order valence-corrected chi connectivity index (χ1v) is 4.42. The fourth-order valence-corrected chi connectivity index (χ4v) is 2.24. The minimum absolute atomic E-state index is 0.107. The van der Waals surface area contributed by atoms with Gasteiger partial charge in [0, 0.05) is 5.92 Å². The van der Waals surface area contributed by atoms with Gasteiger partial charge >= 0.3 is 0 Å². The molecule has 0 heterocycles. The number of hydrogen-bond acceptors (Lipinski definition) is 1. The highest BCUT2D eigenvalue weighted by atomic mass is 16.1. The number of carbonyl (C=O) groups excluding carboxylic acids is 1. The summed E-state index contributed by atoms with van der Waals surface area (Å²) in [7, 11) is 0. The Hall–Kier alpha value is -0.530. The molecule has 0 bridgehead atoms. The van der Waals surface area contributed by atoms with E-state index < -0.39 is 0 Å². The lowest BCUT2D eigenvalue weighted by molar-refractivity contribution is -0.126. The van der Waals surface area contributed by atoms with Gasteiger partial charge in [-0.25, -0.2) is 0 Å². The van der Waals surface area contributed by atoms with Gasteiger partial charge in [-0.1, -0.05) is 20.3 Å². The quantitative estimate of drug-likeness (QED) is 0.613. The maximum atomic E-state index is 11.0. The Kier molecular flexibility index (Phi) is 2.53. The van der Waals surface area contributed by atoms with Gasteiger partial charge in [0.1, 0.15) is 0 Å². The highest BCUT2D eigenvalue weighted by Crippen LogP contribution is 2.33. The molecule has 11 heavy (non-hydrogen) atoms. The Morgan fingerprint density at radius 2 is 1.73 bits per heavy atom. The zero-order valence-electron chi connectivity index (χ0n) is 7.34. The van der Waals surface area contributed by atoms with Crippen LogP contribution >= 0.6 is 0 Å². The zero-order chi connectivity index (χ0) is 8.43. The number of nitrogens with two attached hydrogens (primary N) is 1. The van der Waals surface area contributed by atoms with Crippen LogP contribution in [0.5, 0.6) is 0 Å². The Morgan fingerprint density at radius 3 is 2.00 bits per heavy atom. The molecule has 0 aromatic heterocycles. The van der Waals surface area contributed by atoms with Crippen molar-refractivity contribution in [1.82, 2.24) is 0 Å². The summed E-state index contributed by atoms with van der Waals surface area (Å²) in [5.74, 6) is 1.01. The number of amides is 1. The summed E-state index contributed by atoms with van der Waals surface area (Å²) < 4.78 is 0. The van der Waals surface area contributed by atoms with Crippen molar-refractivity contribution in [2.24, 2.45) is 23.5 Å². The molecule has 1 fully saturated rings. The zero-order valence-corrected chi connectivity index (χ0v) is 7.34. The summed E-state index contributed by atoms with van der Waals surface area (Å²) in [5.41, 5.74) is 5.31. The Labute approximate surface area is 68.2 Å². The van der Waals surface area contributed by atoms with Crippen LogP contribution in [0.1, 0.15) is 33.1 Å². The van der Waals surface area contributed by atoms with Crippen LogP contribution in [0.4, 0.5) is 0 Å². The van der Waals surface area contributed by atoms with Crippen LogP contribution in [0.2, 0.25) is 0 Å². The molecule has 0 aliphatic heterocycles. The van der Waals surface area contributed by atoms with E-state index in [-0.39, 0.29) is 11.8 Å². The monoisotopic (exact) mass is 155 g/mol. The van der Waals surface area contributed by atoms with E-state index in [2.05, 4.69) is 13.8 Å². The molecule has 0 aromatic rings. The van der Waals surface area contributed by atoms with E-state index in [0.29, 0.717) is 11.8 Å². The standard InChI is InChI=1S/C9H17NO/c1-6-4-3-5-7(2)8(6)9(10)11/h6-8H,3-5H2,1-2H3,(H2,10,11)/t6-,7+,8?. The maximum absolute atomic E-state index is 11.0. The van der Waals surface area contributed by atoms with E-state index in [1.807, 2.05) is 0 Å². The molecule has 2 N–H and O–H groups in total. The van der Waals surface area contributed by atoms with Crippen molar-refractivity contribution in [2.45, 2.75) is 33.1 Å². The molecule has 1 aliphatic carbocycles. The molecule has 3 atom stereocenters. The van der Waals surface area contributed by atoms with Gasteiger partial charge in [-0.2, -0.15) is 0 Å². The smallest absolute Gasteiger partial charge is 0.221 e.